The van der Waals surface area contributed by atoms with E-state index in [2.05, 4.69) is 52.1 Å². The van der Waals surface area contributed by atoms with E-state index in [1.807, 2.05) is 0 Å². The fourth-order valence-electron chi connectivity index (χ4n) is 3.00. The summed E-state index contributed by atoms with van der Waals surface area (Å²) in [6, 6.07) is 4.20. The van der Waals surface area contributed by atoms with Crippen molar-refractivity contribution in [2.24, 2.45) is 11.8 Å². The predicted octanol–water partition coefficient (Wildman–Crippen LogP) is 2.22. The van der Waals surface area contributed by atoms with Gasteiger partial charge in [0.05, 0.1) is 0 Å². The molecule has 4 nitrogen and oxygen atoms in total. The Kier molecular flexibility index (Phi) is 3.51. The molecule has 0 radical (unpaired) electrons. The van der Waals surface area contributed by atoms with Gasteiger partial charge in [-0.05, 0) is 62.4 Å². The van der Waals surface area contributed by atoms with Crippen molar-refractivity contribution >= 4 is 5.65 Å². The molecule has 0 spiro atoms. The lowest BCUT2D eigenvalue weighted by atomic mass is 9.85. The zero-order valence-corrected chi connectivity index (χ0v) is 11.8. The van der Waals surface area contributed by atoms with Crippen LogP contribution in [-0.4, -0.2) is 27.7 Å². The second-order valence-electron chi connectivity index (χ2n) is 5.84. The van der Waals surface area contributed by atoms with Crippen LogP contribution in [0.2, 0.25) is 0 Å². The van der Waals surface area contributed by atoms with E-state index in [0.717, 1.165) is 30.4 Å². The van der Waals surface area contributed by atoms with Crippen LogP contribution < -0.4 is 5.32 Å². The Bertz CT molecular complexity index is 554. The van der Waals surface area contributed by atoms with Crippen LogP contribution in [-0.2, 0) is 6.42 Å². The highest BCUT2D eigenvalue weighted by Crippen LogP contribution is 2.23. The molecule has 0 saturated carbocycles. The van der Waals surface area contributed by atoms with Gasteiger partial charge in [-0.1, -0.05) is 6.92 Å². The Morgan fingerprint density at radius 3 is 3.16 bits per heavy atom. The third-order valence-corrected chi connectivity index (χ3v) is 4.28. The lowest BCUT2D eigenvalue weighted by Crippen LogP contribution is -2.34. The summed E-state index contributed by atoms with van der Waals surface area (Å²) in [5, 5.41) is 12.1. The molecular formula is C15H22N4. The molecule has 4 heteroatoms. The Balaban J connectivity index is 1.77. The third kappa shape index (κ3) is 2.63. The summed E-state index contributed by atoms with van der Waals surface area (Å²) in [6.07, 6.45) is 5.74. The zero-order valence-electron chi connectivity index (χ0n) is 11.8. The van der Waals surface area contributed by atoms with Gasteiger partial charge in [0.1, 0.15) is 5.82 Å². The Hall–Kier alpha value is -1.42. The molecule has 0 bridgehead atoms. The Morgan fingerprint density at radius 2 is 2.37 bits per heavy atom. The number of hydrogen-bond acceptors (Lipinski definition) is 3. The maximum Gasteiger partial charge on any atom is 0.161 e. The van der Waals surface area contributed by atoms with Crippen molar-refractivity contribution in [1.29, 1.82) is 0 Å². The Morgan fingerprint density at radius 1 is 1.47 bits per heavy atom. The van der Waals surface area contributed by atoms with Crippen LogP contribution >= 0.6 is 0 Å². The van der Waals surface area contributed by atoms with E-state index in [0.29, 0.717) is 5.92 Å². The SMILES string of the molecule is Cc1ccn2c(CC(C)C3CCCNC3)nnc2c1. The van der Waals surface area contributed by atoms with Gasteiger partial charge in [-0.25, -0.2) is 0 Å². The first-order chi connectivity index (χ1) is 9.24. The first-order valence-electron chi connectivity index (χ1n) is 7.25. The second kappa shape index (κ2) is 5.29. The van der Waals surface area contributed by atoms with Gasteiger partial charge in [0.25, 0.3) is 0 Å². The zero-order chi connectivity index (χ0) is 13.2. The van der Waals surface area contributed by atoms with Crippen LogP contribution in [0.15, 0.2) is 18.3 Å². The summed E-state index contributed by atoms with van der Waals surface area (Å²) in [5.41, 5.74) is 2.19. The minimum absolute atomic E-state index is 0.654. The van der Waals surface area contributed by atoms with E-state index in [-0.39, 0.29) is 0 Å². The summed E-state index contributed by atoms with van der Waals surface area (Å²) in [5.74, 6) is 2.51. The van der Waals surface area contributed by atoms with Crippen molar-refractivity contribution in [1.82, 2.24) is 19.9 Å². The van der Waals surface area contributed by atoms with Gasteiger partial charge in [0.2, 0.25) is 0 Å². The number of piperidine rings is 1. The van der Waals surface area contributed by atoms with E-state index in [1.165, 1.54) is 24.9 Å². The van der Waals surface area contributed by atoms with E-state index < -0.39 is 0 Å². The third-order valence-electron chi connectivity index (χ3n) is 4.28. The molecule has 1 saturated heterocycles. The lowest BCUT2D eigenvalue weighted by molar-refractivity contribution is 0.275. The first-order valence-corrected chi connectivity index (χ1v) is 7.25. The van der Waals surface area contributed by atoms with Crippen molar-refractivity contribution < 1.29 is 0 Å². The highest BCUT2D eigenvalue weighted by Gasteiger charge is 2.21. The molecule has 2 aromatic heterocycles. The molecule has 3 rings (SSSR count). The van der Waals surface area contributed by atoms with Crippen LogP contribution in [0.3, 0.4) is 0 Å². The highest BCUT2D eigenvalue weighted by molar-refractivity contribution is 5.40. The van der Waals surface area contributed by atoms with Gasteiger partial charge in [-0.2, -0.15) is 0 Å². The average Bonchev–Trinajstić information content (AvgIpc) is 2.82. The first kappa shape index (κ1) is 12.6. The number of rotatable bonds is 3. The Labute approximate surface area is 114 Å². The van der Waals surface area contributed by atoms with Crippen LogP contribution in [0.5, 0.6) is 0 Å². The molecule has 2 aromatic rings. The monoisotopic (exact) mass is 258 g/mol. The maximum absolute atomic E-state index is 4.36. The number of hydrogen-bond donors (Lipinski definition) is 1. The van der Waals surface area contributed by atoms with Gasteiger partial charge in [0, 0.05) is 12.6 Å². The smallest absolute Gasteiger partial charge is 0.161 e. The number of nitrogens with zero attached hydrogens (tertiary/aromatic N) is 3. The number of pyridine rings is 1. The maximum atomic E-state index is 4.36. The molecule has 0 amide bonds. The predicted molar refractivity (Wildman–Crippen MR) is 76.2 cm³/mol. The van der Waals surface area contributed by atoms with E-state index in [9.17, 15) is 0 Å². The fraction of sp³-hybridized carbons (Fsp3) is 0.600. The second-order valence-corrected chi connectivity index (χ2v) is 5.84. The molecule has 1 aliphatic rings. The molecule has 1 fully saturated rings. The molecule has 0 aliphatic carbocycles. The van der Waals surface area contributed by atoms with Crippen molar-refractivity contribution in [3.63, 3.8) is 0 Å². The molecular weight excluding hydrogens is 236 g/mol. The molecule has 102 valence electrons. The number of aryl methyl sites for hydroxylation is 1. The quantitative estimate of drug-likeness (QED) is 0.918. The number of nitrogens with one attached hydrogen (secondary N) is 1. The fourth-order valence-corrected chi connectivity index (χ4v) is 3.00. The molecule has 1 N–H and O–H groups in total. The van der Waals surface area contributed by atoms with Gasteiger partial charge < -0.3 is 5.32 Å². The summed E-state index contributed by atoms with van der Waals surface area (Å²) >= 11 is 0. The lowest BCUT2D eigenvalue weighted by Gasteiger charge is -2.27. The van der Waals surface area contributed by atoms with Gasteiger partial charge in [-0.15, -0.1) is 10.2 Å². The molecule has 3 heterocycles. The van der Waals surface area contributed by atoms with Crippen molar-refractivity contribution in [2.45, 2.75) is 33.1 Å². The molecule has 2 unspecified atom stereocenters. The molecule has 19 heavy (non-hydrogen) atoms. The van der Waals surface area contributed by atoms with Gasteiger partial charge in [0.15, 0.2) is 5.65 Å². The van der Waals surface area contributed by atoms with Crippen LogP contribution in [0.1, 0.15) is 31.2 Å². The van der Waals surface area contributed by atoms with Crippen LogP contribution in [0.4, 0.5) is 0 Å². The molecule has 1 aliphatic heterocycles. The molecule has 0 aromatic carbocycles. The van der Waals surface area contributed by atoms with Gasteiger partial charge >= 0.3 is 0 Å². The topological polar surface area (TPSA) is 42.2 Å². The van der Waals surface area contributed by atoms with E-state index in [4.69, 9.17) is 0 Å². The van der Waals surface area contributed by atoms with Gasteiger partial charge in [-0.3, -0.25) is 4.40 Å². The van der Waals surface area contributed by atoms with E-state index >= 15 is 0 Å². The van der Waals surface area contributed by atoms with Crippen molar-refractivity contribution in [3.05, 3.63) is 29.7 Å². The minimum Gasteiger partial charge on any atom is -0.316 e. The van der Waals surface area contributed by atoms with Crippen LogP contribution in [0, 0.1) is 18.8 Å². The summed E-state index contributed by atoms with van der Waals surface area (Å²) in [4.78, 5) is 0. The average molecular weight is 258 g/mol. The van der Waals surface area contributed by atoms with Crippen molar-refractivity contribution in [3.8, 4) is 0 Å². The van der Waals surface area contributed by atoms with Crippen LogP contribution in [0.25, 0.3) is 5.65 Å². The minimum atomic E-state index is 0.654. The molecule has 2 atom stereocenters. The normalized spacial score (nSPS) is 21.7. The standard InChI is InChI=1S/C15H22N4/c1-11-5-7-19-14(8-11)17-18-15(19)9-12(2)13-4-3-6-16-10-13/h5,7-8,12-13,16H,3-4,6,9-10H2,1-2H3. The summed E-state index contributed by atoms with van der Waals surface area (Å²) in [6.45, 7) is 6.75. The summed E-state index contributed by atoms with van der Waals surface area (Å²) in [7, 11) is 0. The number of fused-ring (bicyclic) bond motifs is 1. The largest absolute Gasteiger partial charge is 0.316 e. The number of aromatic nitrogens is 3. The summed E-state index contributed by atoms with van der Waals surface area (Å²) < 4.78 is 2.12. The van der Waals surface area contributed by atoms with E-state index in [1.54, 1.807) is 0 Å². The highest BCUT2D eigenvalue weighted by atomic mass is 15.2. The van der Waals surface area contributed by atoms with Crippen molar-refractivity contribution in [2.75, 3.05) is 13.1 Å².